The molecule has 2 aliphatic heterocycles. The fraction of sp³-hybridized carbons (Fsp3) is 0.812. The first-order valence-corrected chi connectivity index (χ1v) is 17.1. The normalized spacial score (nSPS) is 19.8. The predicted molar refractivity (Wildman–Crippen MR) is 180 cm³/mol. The standard InChI is InChI=1S/C32H63N9O3/c1-2-33-15-20-42-21-22-43-23-24-44-32-26-30(28-40-16-11-36-7-3-34-4-8-37-12-17-40)25-31(27-32)29-41-18-13-38-9-5-35-6-10-39-14-19-41/h25-27,33-39H,2-24,28-29H2,1H3. The van der Waals surface area contributed by atoms with Crippen LogP contribution in [-0.2, 0) is 22.6 Å². The third-order valence-corrected chi connectivity index (χ3v) is 7.71. The van der Waals surface area contributed by atoms with Crippen LogP contribution in [0.3, 0.4) is 0 Å². The summed E-state index contributed by atoms with van der Waals surface area (Å²) in [5.74, 6) is 0.927. The number of nitrogens with zero attached hydrogens (tertiary/aromatic N) is 2. The number of nitrogens with one attached hydrogen (secondary N) is 7. The van der Waals surface area contributed by atoms with Crippen molar-refractivity contribution in [2.24, 2.45) is 0 Å². The Hall–Kier alpha value is -1.42. The van der Waals surface area contributed by atoms with Crippen molar-refractivity contribution in [1.29, 1.82) is 0 Å². The maximum atomic E-state index is 6.27. The summed E-state index contributed by atoms with van der Waals surface area (Å²) in [5, 5.41) is 24.6. The van der Waals surface area contributed by atoms with E-state index in [0.29, 0.717) is 33.0 Å². The van der Waals surface area contributed by atoms with E-state index in [1.165, 1.54) is 11.1 Å². The minimum absolute atomic E-state index is 0.525. The fourth-order valence-electron chi connectivity index (χ4n) is 5.32. The largest absolute Gasteiger partial charge is 0.491 e. The molecule has 12 heteroatoms. The Morgan fingerprint density at radius 1 is 0.545 bits per heavy atom. The second-order valence-electron chi connectivity index (χ2n) is 11.5. The maximum absolute atomic E-state index is 6.27. The molecule has 0 spiro atoms. The minimum atomic E-state index is 0.525. The van der Waals surface area contributed by atoms with E-state index in [4.69, 9.17) is 14.2 Å². The molecule has 0 unspecified atom stereocenters. The van der Waals surface area contributed by atoms with Crippen LogP contribution in [-0.4, -0.2) is 161 Å². The van der Waals surface area contributed by atoms with Crippen molar-refractivity contribution in [3.63, 3.8) is 0 Å². The van der Waals surface area contributed by atoms with Crippen LogP contribution in [0.25, 0.3) is 0 Å². The van der Waals surface area contributed by atoms with Crippen LogP contribution in [0.4, 0.5) is 0 Å². The second-order valence-corrected chi connectivity index (χ2v) is 11.5. The highest BCUT2D eigenvalue weighted by molar-refractivity contribution is 5.34. The van der Waals surface area contributed by atoms with Gasteiger partial charge >= 0.3 is 0 Å². The molecule has 0 aliphatic carbocycles. The van der Waals surface area contributed by atoms with E-state index >= 15 is 0 Å². The van der Waals surface area contributed by atoms with Crippen molar-refractivity contribution in [3.05, 3.63) is 29.3 Å². The van der Waals surface area contributed by atoms with E-state index in [1.807, 2.05) is 0 Å². The third-order valence-electron chi connectivity index (χ3n) is 7.71. The molecule has 12 nitrogen and oxygen atoms in total. The molecule has 1 aromatic carbocycles. The van der Waals surface area contributed by atoms with Gasteiger partial charge in [-0.25, -0.2) is 0 Å². The zero-order valence-corrected chi connectivity index (χ0v) is 27.5. The summed E-state index contributed by atoms with van der Waals surface area (Å²) in [6.07, 6.45) is 0. The van der Waals surface area contributed by atoms with Crippen LogP contribution in [0, 0.1) is 0 Å². The summed E-state index contributed by atoms with van der Waals surface area (Å²) >= 11 is 0. The molecular weight excluding hydrogens is 558 g/mol. The van der Waals surface area contributed by atoms with Gasteiger partial charge < -0.3 is 51.4 Å². The van der Waals surface area contributed by atoms with Crippen LogP contribution in [0.15, 0.2) is 18.2 Å². The number of likely N-dealkylation sites (N-methyl/N-ethyl adjacent to an activating group) is 1. The summed E-state index contributed by atoms with van der Waals surface area (Å²) in [6, 6.07) is 6.83. The van der Waals surface area contributed by atoms with E-state index in [1.54, 1.807) is 0 Å². The summed E-state index contributed by atoms with van der Waals surface area (Å²) < 4.78 is 17.7. The van der Waals surface area contributed by atoms with Gasteiger partial charge in [0.05, 0.1) is 26.4 Å². The van der Waals surface area contributed by atoms with E-state index in [0.717, 1.165) is 137 Å². The Morgan fingerprint density at radius 3 is 1.41 bits per heavy atom. The zero-order valence-electron chi connectivity index (χ0n) is 27.5. The lowest BCUT2D eigenvalue weighted by molar-refractivity contribution is 0.0373. The Bertz CT molecular complexity index is 749. The summed E-state index contributed by atoms with van der Waals surface area (Å²) in [7, 11) is 0. The molecule has 1 aromatic rings. The van der Waals surface area contributed by atoms with Crippen molar-refractivity contribution in [2.45, 2.75) is 20.0 Å². The van der Waals surface area contributed by atoms with Crippen LogP contribution in [0.5, 0.6) is 5.75 Å². The molecule has 0 aromatic heterocycles. The smallest absolute Gasteiger partial charge is 0.120 e. The molecule has 0 bridgehead atoms. The molecule has 2 saturated heterocycles. The van der Waals surface area contributed by atoms with Crippen molar-refractivity contribution in [2.75, 3.05) is 151 Å². The van der Waals surface area contributed by atoms with Crippen molar-refractivity contribution in [3.8, 4) is 5.75 Å². The quantitative estimate of drug-likeness (QED) is 0.120. The highest BCUT2D eigenvalue weighted by Gasteiger charge is 2.12. The Kier molecular flexibility index (Phi) is 21.7. The molecule has 2 heterocycles. The van der Waals surface area contributed by atoms with E-state index in [2.05, 4.69) is 72.1 Å². The number of hydrogen-bond donors (Lipinski definition) is 7. The molecule has 0 atom stereocenters. The van der Waals surface area contributed by atoms with Gasteiger partial charge in [0.15, 0.2) is 0 Å². The molecule has 2 aliphatic rings. The van der Waals surface area contributed by atoms with Gasteiger partial charge in [0.1, 0.15) is 12.4 Å². The molecule has 0 saturated carbocycles. The Balaban J connectivity index is 1.59. The Morgan fingerprint density at radius 2 is 0.955 bits per heavy atom. The molecular formula is C32H63N9O3. The molecule has 3 rings (SSSR count). The minimum Gasteiger partial charge on any atom is -0.491 e. The average molecular weight is 622 g/mol. The highest BCUT2D eigenvalue weighted by atomic mass is 16.5. The third kappa shape index (κ3) is 18.5. The summed E-state index contributed by atoms with van der Waals surface area (Å²) in [5.41, 5.74) is 2.61. The average Bonchev–Trinajstić information content (AvgIpc) is 3.01. The second kappa shape index (κ2) is 25.7. The first-order chi connectivity index (χ1) is 21.8. The van der Waals surface area contributed by atoms with E-state index < -0.39 is 0 Å². The topological polar surface area (TPSA) is 118 Å². The number of hydrogen-bond acceptors (Lipinski definition) is 12. The van der Waals surface area contributed by atoms with Gasteiger partial charge in [0, 0.05) is 124 Å². The van der Waals surface area contributed by atoms with Gasteiger partial charge in [-0.2, -0.15) is 0 Å². The summed E-state index contributed by atoms with van der Waals surface area (Å²) in [6.45, 7) is 24.8. The van der Waals surface area contributed by atoms with Crippen LogP contribution in [0.1, 0.15) is 18.1 Å². The lowest BCUT2D eigenvalue weighted by atomic mass is 10.1. The van der Waals surface area contributed by atoms with Gasteiger partial charge in [-0.3, -0.25) is 9.80 Å². The zero-order chi connectivity index (χ0) is 30.8. The predicted octanol–water partition coefficient (Wildman–Crippen LogP) is -1.12. The van der Waals surface area contributed by atoms with Gasteiger partial charge in [0.2, 0.25) is 0 Å². The lowest BCUT2D eigenvalue weighted by Crippen LogP contribution is -2.41. The van der Waals surface area contributed by atoms with Gasteiger partial charge in [-0.15, -0.1) is 0 Å². The fourth-order valence-corrected chi connectivity index (χ4v) is 5.32. The van der Waals surface area contributed by atoms with Crippen LogP contribution >= 0.6 is 0 Å². The van der Waals surface area contributed by atoms with Gasteiger partial charge in [-0.1, -0.05) is 13.0 Å². The Labute approximate surface area is 267 Å². The summed E-state index contributed by atoms with van der Waals surface area (Å²) in [4.78, 5) is 5.10. The van der Waals surface area contributed by atoms with E-state index in [9.17, 15) is 0 Å². The van der Waals surface area contributed by atoms with Gasteiger partial charge in [0.25, 0.3) is 0 Å². The number of ether oxygens (including phenoxy) is 3. The molecule has 2 fully saturated rings. The molecule has 254 valence electrons. The molecule has 0 radical (unpaired) electrons. The molecule has 0 amide bonds. The highest BCUT2D eigenvalue weighted by Crippen LogP contribution is 2.20. The lowest BCUT2D eigenvalue weighted by Gasteiger charge is -2.26. The van der Waals surface area contributed by atoms with Crippen LogP contribution in [0.2, 0.25) is 0 Å². The van der Waals surface area contributed by atoms with Crippen molar-refractivity contribution < 1.29 is 14.2 Å². The SMILES string of the molecule is CCNCCOCCOCCOc1cc(CN2CCNCCNCCNCC2)cc(CN2CCNCCNCCNCC2)c1. The molecule has 7 N–H and O–H groups in total. The van der Waals surface area contributed by atoms with Gasteiger partial charge in [-0.05, 0) is 29.8 Å². The monoisotopic (exact) mass is 622 g/mol. The first-order valence-electron chi connectivity index (χ1n) is 17.1. The molecule has 44 heavy (non-hydrogen) atoms. The number of rotatable bonds is 15. The van der Waals surface area contributed by atoms with Crippen molar-refractivity contribution in [1.82, 2.24) is 47.0 Å². The van der Waals surface area contributed by atoms with E-state index in [-0.39, 0.29) is 0 Å². The first kappa shape index (κ1) is 37.0. The number of benzene rings is 1. The maximum Gasteiger partial charge on any atom is 0.120 e. The van der Waals surface area contributed by atoms with Crippen LogP contribution < -0.4 is 42.0 Å². The van der Waals surface area contributed by atoms with Crippen molar-refractivity contribution >= 4 is 0 Å².